The molecule has 1 atom stereocenters. The average Bonchev–Trinajstić information content (AvgIpc) is 2.98. The lowest BCUT2D eigenvalue weighted by atomic mass is 10.1. The molecule has 1 aromatic carbocycles. The monoisotopic (exact) mass is 309 g/mol. The van der Waals surface area contributed by atoms with Crippen molar-refractivity contribution in [3.8, 4) is 0 Å². The molecular formula is C16H24ClN3O. The highest BCUT2D eigenvalue weighted by atomic mass is 35.5. The van der Waals surface area contributed by atoms with E-state index >= 15 is 0 Å². The third-order valence-corrected chi connectivity index (χ3v) is 3.83. The second-order valence-corrected chi connectivity index (χ2v) is 5.84. The first-order valence-corrected chi connectivity index (χ1v) is 7.88. The number of hydrogen-bond donors (Lipinski definition) is 1. The number of nitrogens with one attached hydrogen (secondary N) is 1. The fourth-order valence-corrected chi connectivity index (χ4v) is 2.55. The maximum Gasteiger partial charge on any atom is 0.193 e. The van der Waals surface area contributed by atoms with Crippen LogP contribution in [0.3, 0.4) is 0 Å². The number of ether oxygens (including phenoxy) is 1. The molecule has 1 saturated heterocycles. The summed E-state index contributed by atoms with van der Waals surface area (Å²) >= 11 is 5.90. The average molecular weight is 310 g/mol. The Labute approximate surface area is 132 Å². The van der Waals surface area contributed by atoms with E-state index in [9.17, 15) is 0 Å². The zero-order chi connectivity index (χ0) is 15.1. The van der Waals surface area contributed by atoms with Crippen LogP contribution >= 0.6 is 11.6 Å². The third-order valence-electron chi connectivity index (χ3n) is 3.58. The van der Waals surface area contributed by atoms with Gasteiger partial charge in [0.2, 0.25) is 0 Å². The summed E-state index contributed by atoms with van der Waals surface area (Å²) in [6, 6.07) is 7.83. The number of halogens is 1. The van der Waals surface area contributed by atoms with Gasteiger partial charge in [0.25, 0.3) is 0 Å². The van der Waals surface area contributed by atoms with Crippen LogP contribution in [-0.2, 0) is 11.3 Å². The fraction of sp³-hybridized carbons (Fsp3) is 0.562. The zero-order valence-electron chi connectivity index (χ0n) is 12.8. The van der Waals surface area contributed by atoms with Crippen LogP contribution in [0.15, 0.2) is 29.3 Å². The van der Waals surface area contributed by atoms with Crippen molar-refractivity contribution in [3.05, 3.63) is 34.9 Å². The molecule has 1 aromatic rings. The minimum absolute atomic E-state index is 0.606. The van der Waals surface area contributed by atoms with Gasteiger partial charge in [-0.25, -0.2) is 4.99 Å². The van der Waals surface area contributed by atoms with Crippen molar-refractivity contribution in [1.29, 1.82) is 0 Å². The van der Waals surface area contributed by atoms with Crippen molar-refractivity contribution in [1.82, 2.24) is 10.2 Å². The number of rotatable bonds is 5. The Bertz CT molecular complexity index is 455. The van der Waals surface area contributed by atoms with E-state index in [4.69, 9.17) is 21.3 Å². The minimum atomic E-state index is 0.606. The molecule has 1 aliphatic heterocycles. The summed E-state index contributed by atoms with van der Waals surface area (Å²) in [4.78, 5) is 6.90. The Morgan fingerprint density at radius 1 is 1.43 bits per heavy atom. The van der Waals surface area contributed by atoms with Gasteiger partial charge >= 0.3 is 0 Å². The quantitative estimate of drug-likeness (QED) is 0.671. The van der Waals surface area contributed by atoms with Gasteiger partial charge in [-0.3, -0.25) is 0 Å². The Hall–Kier alpha value is -1.26. The number of guanidine groups is 1. The molecule has 1 unspecified atom stereocenters. The number of hydrogen-bond acceptors (Lipinski definition) is 2. The van der Waals surface area contributed by atoms with E-state index in [0.717, 1.165) is 49.3 Å². The fourth-order valence-electron chi connectivity index (χ4n) is 2.43. The first-order valence-electron chi connectivity index (χ1n) is 7.50. The van der Waals surface area contributed by atoms with Crippen LogP contribution in [0.1, 0.15) is 18.9 Å². The van der Waals surface area contributed by atoms with Crippen molar-refractivity contribution in [2.75, 3.05) is 33.4 Å². The summed E-state index contributed by atoms with van der Waals surface area (Å²) in [7, 11) is 2.08. The smallest absolute Gasteiger partial charge is 0.193 e. The lowest BCUT2D eigenvalue weighted by Gasteiger charge is -2.24. The summed E-state index contributed by atoms with van der Waals surface area (Å²) in [5, 5.41) is 4.10. The topological polar surface area (TPSA) is 36.9 Å². The lowest BCUT2D eigenvalue weighted by molar-refractivity contribution is 0.181. The summed E-state index contributed by atoms with van der Waals surface area (Å²) in [5.41, 5.74) is 1.16. The van der Waals surface area contributed by atoms with Gasteiger partial charge in [-0.2, -0.15) is 0 Å². The zero-order valence-corrected chi connectivity index (χ0v) is 13.6. The van der Waals surface area contributed by atoms with Gasteiger partial charge in [0.05, 0.1) is 13.2 Å². The molecule has 1 aliphatic rings. The molecule has 1 N–H and O–H groups in total. The van der Waals surface area contributed by atoms with Crippen LogP contribution in [0.25, 0.3) is 0 Å². The first kappa shape index (κ1) is 16.1. The van der Waals surface area contributed by atoms with E-state index in [1.54, 1.807) is 0 Å². The van der Waals surface area contributed by atoms with Crippen LogP contribution in [0.4, 0.5) is 0 Å². The highest BCUT2D eigenvalue weighted by Crippen LogP contribution is 2.14. The van der Waals surface area contributed by atoms with E-state index in [-0.39, 0.29) is 0 Å². The van der Waals surface area contributed by atoms with Crippen LogP contribution < -0.4 is 5.32 Å². The largest absolute Gasteiger partial charge is 0.381 e. The lowest BCUT2D eigenvalue weighted by Crippen LogP contribution is -2.41. The van der Waals surface area contributed by atoms with Gasteiger partial charge in [0.1, 0.15) is 0 Å². The van der Waals surface area contributed by atoms with Crippen molar-refractivity contribution in [2.24, 2.45) is 10.9 Å². The number of nitrogens with zero attached hydrogens (tertiary/aromatic N) is 2. The maximum absolute atomic E-state index is 5.90. The van der Waals surface area contributed by atoms with Crippen LogP contribution in [0.2, 0.25) is 5.02 Å². The van der Waals surface area contributed by atoms with E-state index in [1.807, 2.05) is 24.3 Å². The molecule has 2 rings (SSSR count). The van der Waals surface area contributed by atoms with E-state index in [2.05, 4.69) is 24.2 Å². The molecule has 21 heavy (non-hydrogen) atoms. The van der Waals surface area contributed by atoms with E-state index in [1.165, 1.54) is 0 Å². The summed E-state index contributed by atoms with van der Waals surface area (Å²) in [5.74, 6) is 1.55. The molecule has 0 amide bonds. The highest BCUT2D eigenvalue weighted by Gasteiger charge is 2.18. The summed E-state index contributed by atoms with van der Waals surface area (Å²) < 4.78 is 5.44. The standard InChI is InChI=1S/C16H24ClN3O/c1-3-18-16(20(2)11-14-8-9-21-12-14)19-10-13-4-6-15(17)7-5-13/h4-7,14H,3,8-12H2,1-2H3,(H,18,19). The van der Waals surface area contributed by atoms with Gasteiger partial charge in [-0.05, 0) is 31.0 Å². The predicted molar refractivity (Wildman–Crippen MR) is 87.8 cm³/mol. The predicted octanol–water partition coefficient (Wildman–Crippen LogP) is 2.77. The molecule has 1 fully saturated rings. The van der Waals surface area contributed by atoms with Crippen LogP contribution in [0, 0.1) is 5.92 Å². The van der Waals surface area contributed by atoms with Crippen molar-refractivity contribution >= 4 is 17.6 Å². The number of benzene rings is 1. The molecule has 0 bridgehead atoms. The van der Waals surface area contributed by atoms with Crippen molar-refractivity contribution < 1.29 is 4.74 Å². The Morgan fingerprint density at radius 2 is 2.19 bits per heavy atom. The maximum atomic E-state index is 5.90. The highest BCUT2D eigenvalue weighted by molar-refractivity contribution is 6.30. The van der Waals surface area contributed by atoms with Gasteiger partial charge in [-0.1, -0.05) is 23.7 Å². The molecule has 116 valence electrons. The SMILES string of the molecule is CCNC(=NCc1ccc(Cl)cc1)N(C)CC1CCOC1. The second kappa shape index (κ2) is 8.25. The van der Waals surface area contributed by atoms with Crippen molar-refractivity contribution in [2.45, 2.75) is 19.9 Å². The molecule has 0 spiro atoms. The van der Waals surface area contributed by atoms with E-state index in [0.29, 0.717) is 12.5 Å². The Morgan fingerprint density at radius 3 is 2.81 bits per heavy atom. The second-order valence-electron chi connectivity index (χ2n) is 5.41. The molecule has 0 saturated carbocycles. The molecular weight excluding hydrogens is 286 g/mol. The molecule has 0 aromatic heterocycles. The third kappa shape index (κ3) is 5.21. The van der Waals surface area contributed by atoms with Crippen LogP contribution in [-0.4, -0.2) is 44.2 Å². The molecule has 0 radical (unpaired) electrons. The van der Waals surface area contributed by atoms with Gasteiger partial charge in [-0.15, -0.1) is 0 Å². The first-order chi connectivity index (χ1) is 10.2. The van der Waals surface area contributed by atoms with Crippen LogP contribution in [0.5, 0.6) is 0 Å². The normalized spacial score (nSPS) is 18.8. The molecule has 5 heteroatoms. The van der Waals surface area contributed by atoms with Gasteiger partial charge in [0.15, 0.2) is 5.96 Å². The van der Waals surface area contributed by atoms with Gasteiger partial charge in [0, 0.05) is 37.7 Å². The summed E-state index contributed by atoms with van der Waals surface area (Å²) in [6.07, 6.45) is 1.14. The van der Waals surface area contributed by atoms with Crippen molar-refractivity contribution in [3.63, 3.8) is 0 Å². The minimum Gasteiger partial charge on any atom is -0.381 e. The summed E-state index contributed by atoms with van der Waals surface area (Å²) in [6.45, 7) is 6.34. The number of aliphatic imine (C=N–C) groups is 1. The molecule has 0 aliphatic carbocycles. The Kier molecular flexibility index (Phi) is 6.33. The molecule has 1 heterocycles. The van der Waals surface area contributed by atoms with Gasteiger partial charge < -0.3 is 15.0 Å². The van der Waals surface area contributed by atoms with E-state index < -0.39 is 0 Å². The Balaban J connectivity index is 1.95. The molecule has 4 nitrogen and oxygen atoms in total.